The van der Waals surface area contributed by atoms with Crippen LogP contribution in [-0.4, -0.2) is 46.7 Å². The van der Waals surface area contributed by atoms with Gasteiger partial charge in [0.1, 0.15) is 5.54 Å². The minimum atomic E-state index is -0.709. The Bertz CT molecular complexity index is 309. The number of nitrogens with zero attached hydrogens (tertiary/aromatic N) is 1. The van der Waals surface area contributed by atoms with Gasteiger partial charge >= 0.3 is 5.97 Å². The van der Waals surface area contributed by atoms with Gasteiger partial charge in [0.05, 0.1) is 0 Å². The van der Waals surface area contributed by atoms with E-state index in [1.165, 1.54) is 0 Å². The Hall–Kier alpha value is -0.610. The SMILES string of the molecule is CCCNC1(C(=O)O)CCCC(N(CC)C(C)CC)C1. The van der Waals surface area contributed by atoms with Crippen LogP contribution in [0.3, 0.4) is 0 Å². The highest BCUT2D eigenvalue weighted by Gasteiger charge is 2.44. The van der Waals surface area contributed by atoms with Gasteiger partial charge in [0.25, 0.3) is 0 Å². The molecule has 0 amide bonds. The van der Waals surface area contributed by atoms with Crippen LogP contribution < -0.4 is 5.32 Å². The summed E-state index contributed by atoms with van der Waals surface area (Å²) in [6, 6.07) is 0.921. The molecule has 118 valence electrons. The van der Waals surface area contributed by atoms with Crippen molar-refractivity contribution in [1.82, 2.24) is 10.2 Å². The van der Waals surface area contributed by atoms with Gasteiger partial charge in [0.2, 0.25) is 0 Å². The summed E-state index contributed by atoms with van der Waals surface area (Å²) in [5.74, 6) is -0.671. The topological polar surface area (TPSA) is 52.6 Å². The third-order valence-electron chi connectivity index (χ3n) is 4.84. The average Bonchev–Trinajstić information content (AvgIpc) is 2.45. The van der Waals surface area contributed by atoms with Crippen LogP contribution in [-0.2, 0) is 4.79 Å². The Labute approximate surface area is 123 Å². The predicted octanol–water partition coefficient (Wildman–Crippen LogP) is 2.87. The minimum Gasteiger partial charge on any atom is -0.480 e. The predicted molar refractivity (Wildman–Crippen MR) is 83.0 cm³/mol. The lowest BCUT2D eigenvalue weighted by Crippen LogP contribution is -2.59. The maximum Gasteiger partial charge on any atom is 0.323 e. The van der Waals surface area contributed by atoms with E-state index in [-0.39, 0.29) is 0 Å². The lowest BCUT2D eigenvalue weighted by atomic mass is 9.77. The minimum absolute atomic E-state index is 0.393. The zero-order valence-corrected chi connectivity index (χ0v) is 13.6. The standard InChI is InChI=1S/C16H32N2O2/c1-5-11-17-16(15(19)20)10-8-9-14(12-16)18(7-3)13(4)6-2/h13-14,17H,5-12H2,1-4H3,(H,19,20). The summed E-state index contributed by atoms with van der Waals surface area (Å²) >= 11 is 0. The van der Waals surface area contributed by atoms with Crippen molar-refractivity contribution >= 4 is 5.97 Å². The van der Waals surface area contributed by atoms with Crippen LogP contribution in [0.5, 0.6) is 0 Å². The second-order valence-corrected chi connectivity index (χ2v) is 6.15. The van der Waals surface area contributed by atoms with Crippen molar-refractivity contribution in [2.45, 2.75) is 83.8 Å². The molecule has 2 N–H and O–H groups in total. The van der Waals surface area contributed by atoms with Gasteiger partial charge in [-0.1, -0.05) is 20.8 Å². The Morgan fingerprint density at radius 1 is 1.45 bits per heavy atom. The summed E-state index contributed by atoms with van der Waals surface area (Å²) < 4.78 is 0. The number of carbonyl (C=O) groups is 1. The van der Waals surface area contributed by atoms with E-state index >= 15 is 0 Å². The molecule has 1 fully saturated rings. The Morgan fingerprint density at radius 2 is 2.15 bits per heavy atom. The number of nitrogens with one attached hydrogen (secondary N) is 1. The molecule has 4 heteroatoms. The van der Waals surface area contributed by atoms with Crippen molar-refractivity contribution in [3.63, 3.8) is 0 Å². The maximum absolute atomic E-state index is 11.8. The molecule has 0 aromatic rings. The third-order valence-corrected chi connectivity index (χ3v) is 4.84. The molecule has 4 nitrogen and oxygen atoms in total. The second kappa shape index (κ2) is 7.99. The fourth-order valence-corrected chi connectivity index (χ4v) is 3.49. The number of aliphatic carboxylic acids is 1. The Morgan fingerprint density at radius 3 is 2.65 bits per heavy atom. The summed E-state index contributed by atoms with van der Waals surface area (Å²) in [4.78, 5) is 14.3. The molecule has 0 radical (unpaired) electrons. The first kappa shape index (κ1) is 17.4. The zero-order valence-electron chi connectivity index (χ0n) is 13.6. The molecule has 0 aromatic heterocycles. The fourth-order valence-electron chi connectivity index (χ4n) is 3.49. The molecule has 0 bridgehead atoms. The van der Waals surface area contributed by atoms with Gasteiger partial charge in [0.15, 0.2) is 0 Å². The van der Waals surface area contributed by atoms with Crippen molar-refractivity contribution in [3.8, 4) is 0 Å². The lowest BCUT2D eigenvalue weighted by molar-refractivity contribution is -0.147. The summed E-state index contributed by atoms with van der Waals surface area (Å²) in [5.41, 5.74) is -0.709. The molecule has 1 aliphatic carbocycles. The third kappa shape index (κ3) is 3.95. The molecule has 0 heterocycles. The molecule has 0 saturated heterocycles. The van der Waals surface area contributed by atoms with Crippen LogP contribution in [0.2, 0.25) is 0 Å². The number of hydrogen-bond acceptors (Lipinski definition) is 3. The van der Waals surface area contributed by atoms with Gasteiger partial charge in [-0.05, 0) is 58.5 Å². The van der Waals surface area contributed by atoms with E-state index in [0.717, 1.165) is 51.6 Å². The van der Waals surface area contributed by atoms with Crippen molar-refractivity contribution in [2.75, 3.05) is 13.1 Å². The monoisotopic (exact) mass is 284 g/mol. The van der Waals surface area contributed by atoms with Crippen molar-refractivity contribution < 1.29 is 9.90 Å². The molecule has 0 spiro atoms. The molecule has 20 heavy (non-hydrogen) atoms. The fraction of sp³-hybridized carbons (Fsp3) is 0.938. The van der Waals surface area contributed by atoms with Gasteiger partial charge in [-0.15, -0.1) is 0 Å². The highest BCUT2D eigenvalue weighted by atomic mass is 16.4. The molecule has 0 aromatic carbocycles. The molecule has 1 aliphatic rings. The average molecular weight is 284 g/mol. The molecular formula is C16H32N2O2. The molecule has 1 rings (SSSR count). The smallest absolute Gasteiger partial charge is 0.323 e. The lowest BCUT2D eigenvalue weighted by Gasteiger charge is -2.44. The van der Waals surface area contributed by atoms with E-state index in [4.69, 9.17) is 0 Å². The van der Waals surface area contributed by atoms with E-state index in [1.807, 2.05) is 0 Å². The van der Waals surface area contributed by atoms with E-state index in [0.29, 0.717) is 12.1 Å². The summed E-state index contributed by atoms with van der Waals surface area (Å²) in [5, 5.41) is 13.0. The Kier molecular flexibility index (Phi) is 6.96. The van der Waals surface area contributed by atoms with Crippen LogP contribution in [0.25, 0.3) is 0 Å². The van der Waals surface area contributed by atoms with E-state index in [1.54, 1.807) is 0 Å². The summed E-state index contributed by atoms with van der Waals surface area (Å²) in [6.07, 6.45) is 5.72. The number of carboxylic acids is 1. The number of rotatable bonds is 8. The van der Waals surface area contributed by atoms with Crippen molar-refractivity contribution in [2.24, 2.45) is 0 Å². The Balaban J connectivity index is 2.83. The molecule has 3 unspecified atom stereocenters. The quantitative estimate of drug-likeness (QED) is 0.719. The highest BCUT2D eigenvalue weighted by molar-refractivity contribution is 5.79. The molecule has 3 atom stereocenters. The van der Waals surface area contributed by atoms with Crippen LogP contribution in [0.4, 0.5) is 0 Å². The maximum atomic E-state index is 11.8. The van der Waals surface area contributed by atoms with E-state index < -0.39 is 11.5 Å². The van der Waals surface area contributed by atoms with Gasteiger partial charge in [-0.25, -0.2) is 0 Å². The van der Waals surface area contributed by atoms with Crippen LogP contribution in [0, 0.1) is 0 Å². The second-order valence-electron chi connectivity index (χ2n) is 6.15. The van der Waals surface area contributed by atoms with Gasteiger partial charge < -0.3 is 10.4 Å². The van der Waals surface area contributed by atoms with Gasteiger partial charge in [0, 0.05) is 12.1 Å². The molecule has 0 aliphatic heterocycles. The first-order valence-corrected chi connectivity index (χ1v) is 8.24. The summed E-state index contributed by atoms with van der Waals surface area (Å²) in [6.45, 7) is 10.5. The van der Waals surface area contributed by atoms with E-state index in [2.05, 4.69) is 37.9 Å². The zero-order chi connectivity index (χ0) is 15.2. The number of hydrogen-bond donors (Lipinski definition) is 2. The van der Waals surface area contributed by atoms with Crippen molar-refractivity contribution in [3.05, 3.63) is 0 Å². The van der Waals surface area contributed by atoms with Crippen molar-refractivity contribution in [1.29, 1.82) is 0 Å². The van der Waals surface area contributed by atoms with Crippen LogP contribution >= 0.6 is 0 Å². The number of carboxylic acid groups (broad SMARTS) is 1. The van der Waals surface area contributed by atoms with E-state index in [9.17, 15) is 9.90 Å². The highest BCUT2D eigenvalue weighted by Crippen LogP contribution is 2.32. The first-order valence-electron chi connectivity index (χ1n) is 8.24. The molecule has 1 saturated carbocycles. The van der Waals surface area contributed by atoms with Crippen LogP contribution in [0.15, 0.2) is 0 Å². The normalized spacial score (nSPS) is 28.6. The largest absolute Gasteiger partial charge is 0.480 e. The van der Waals surface area contributed by atoms with Gasteiger partial charge in [-0.3, -0.25) is 9.69 Å². The first-order chi connectivity index (χ1) is 9.50. The van der Waals surface area contributed by atoms with Gasteiger partial charge in [-0.2, -0.15) is 0 Å². The summed E-state index contributed by atoms with van der Waals surface area (Å²) in [7, 11) is 0. The van der Waals surface area contributed by atoms with Crippen LogP contribution in [0.1, 0.15) is 66.2 Å². The molecular weight excluding hydrogens is 252 g/mol.